The van der Waals surface area contributed by atoms with Crippen LogP contribution in [-0.4, -0.2) is 4.61 Å². The molecule has 2 aromatic carbocycles. The standard InChI is InChI=1S/C15H14FN.2ClH.Ru/c1-11-5-3-4-6-15(11)17-10-13-7-8-14(16)9-12(13)2;;;/h2-9,17H,10H2,1H3;2*1H;/q;;;+2/p-2. The molecule has 0 amide bonds. The molecule has 1 nitrogen and oxygen atoms in total. The molecule has 0 saturated heterocycles. The maximum absolute atomic E-state index is 13.3. The molecule has 2 rings (SSSR count). The van der Waals surface area contributed by atoms with Crippen LogP contribution in [0.5, 0.6) is 0 Å². The molecule has 0 fully saturated rings. The number of para-hydroxylation sites is 1. The summed E-state index contributed by atoms with van der Waals surface area (Å²) < 4.78 is 15.1. The zero-order valence-electron chi connectivity index (χ0n) is 10.8. The number of hydrogen-bond acceptors (Lipinski definition) is 1. The molecule has 0 unspecified atom stereocenters. The summed E-state index contributed by atoms with van der Waals surface area (Å²) in [7, 11) is 11.8. The summed E-state index contributed by atoms with van der Waals surface area (Å²) in [6, 6.07) is 12.7. The third-order valence-electron chi connectivity index (χ3n) is 2.91. The van der Waals surface area contributed by atoms with Crippen LogP contribution in [0.25, 0.3) is 0 Å². The van der Waals surface area contributed by atoms with E-state index in [1.807, 2.05) is 31.2 Å². The Morgan fingerprint density at radius 2 is 1.95 bits per heavy atom. The summed E-state index contributed by atoms with van der Waals surface area (Å²) >= 11 is -1.97. The number of nitrogens with one attached hydrogen (secondary N) is 1. The predicted molar refractivity (Wildman–Crippen MR) is 81.8 cm³/mol. The Balaban J connectivity index is 2.21. The molecule has 0 aliphatic carbocycles. The Labute approximate surface area is 131 Å². The molecule has 2 aromatic rings. The van der Waals surface area contributed by atoms with Gasteiger partial charge in [0.15, 0.2) is 0 Å². The van der Waals surface area contributed by atoms with Crippen molar-refractivity contribution in [2.45, 2.75) is 13.5 Å². The van der Waals surface area contributed by atoms with Gasteiger partial charge in [-0.2, -0.15) is 0 Å². The van der Waals surface area contributed by atoms with Crippen LogP contribution in [0.1, 0.15) is 16.7 Å². The van der Waals surface area contributed by atoms with E-state index in [4.69, 9.17) is 19.4 Å². The third-order valence-corrected chi connectivity index (χ3v) is 4.74. The van der Waals surface area contributed by atoms with Gasteiger partial charge in [-0.05, 0) is 0 Å². The van der Waals surface area contributed by atoms with Crippen LogP contribution in [0.4, 0.5) is 10.1 Å². The van der Waals surface area contributed by atoms with Crippen LogP contribution < -0.4 is 5.32 Å². The molecule has 0 radical (unpaired) electrons. The summed E-state index contributed by atoms with van der Waals surface area (Å²) in [6.07, 6.45) is 0. The maximum atomic E-state index is 13.3. The number of halogens is 3. The monoisotopic (exact) mass is 399 g/mol. The van der Waals surface area contributed by atoms with Crippen molar-refractivity contribution in [2.24, 2.45) is 0 Å². The Hall–Kier alpha value is -0.757. The van der Waals surface area contributed by atoms with E-state index in [2.05, 4.69) is 5.32 Å². The van der Waals surface area contributed by atoms with Crippen molar-refractivity contribution < 1.29 is 17.9 Å². The zero-order chi connectivity index (χ0) is 14.5. The van der Waals surface area contributed by atoms with Crippen molar-refractivity contribution in [1.82, 2.24) is 0 Å². The van der Waals surface area contributed by atoms with Crippen LogP contribution in [0, 0.1) is 12.7 Å². The van der Waals surface area contributed by atoms with E-state index in [0.29, 0.717) is 6.54 Å². The minimum atomic E-state index is -1.97. The topological polar surface area (TPSA) is 12.0 Å². The molecule has 108 valence electrons. The summed E-state index contributed by atoms with van der Waals surface area (Å²) in [5, 5.41) is 3.35. The van der Waals surface area contributed by atoms with Gasteiger partial charge in [0, 0.05) is 0 Å². The molecule has 20 heavy (non-hydrogen) atoms. The van der Waals surface area contributed by atoms with Crippen LogP contribution in [0.2, 0.25) is 0 Å². The van der Waals surface area contributed by atoms with Gasteiger partial charge in [-0.1, -0.05) is 0 Å². The van der Waals surface area contributed by atoms with Crippen LogP contribution >= 0.6 is 19.4 Å². The quantitative estimate of drug-likeness (QED) is 0.727. The SMILES string of the molecule is Cc1ccccc1NCc1ccc(F)cc1[CH]=[Ru]([Cl])[Cl]. The van der Waals surface area contributed by atoms with Gasteiger partial charge < -0.3 is 0 Å². The first kappa shape index (κ1) is 15.6. The van der Waals surface area contributed by atoms with E-state index in [-0.39, 0.29) is 5.82 Å². The average molecular weight is 399 g/mol. The van der Waals surface area contributed by atoms with Crippen LogP contribution in [0.3, 0.4) is 0 Å². The Bertz CT molecular complexity index is 640. The van der Waals surface area contributed by atoms with Gasteiger partial charge in [-0.25, -0.2) is 0 Å². The van der Waals surface area contributed by atoms with Gasteiger partial charge in [0.2, 0.25) is 0 Å². The van der Waals surface area contributed by atoms with Crippen molar-refractivity contribution in [2.75, 3.05) is 5.32 Å². The average Bonchev–Trinajstić information content (AvgIpc) is 2.39. The van der Waals surface area contributed by atoms with Gasteiger partial charge in [-0.3, -0.25) is 0 Å². The number of hydrogen-bond donors (Lipinski definition) is 1. The molecule has 0 saturated carbocycles. The molecular weight excluding hydrogens is 385 g/mol. The molecule has 0 aliphatic rings. The summed E-state index contributed by atoms with van der Waals surface area (Å²) in [5.74, 6) is -0.278. The number of anilines is 1. The number of aryl methyl sites for hydroxylation is 1. The van der Waals surface area contributed by atoms with Gasteiger partial charge in [-0.15, -0.1) is 0 Å². The normalized spacial score (nSPS) is 11.1. The first-order valence-electron chi connectivity index (χ1n) is 5.97. The van der Waals surface area contributed by atoms with Crippen molar-refractivity contribution >= 4 is 29.7 Å². The van der Waals surface area contributed by atoms with Gasteiger partial charge in [0.25, 0.3) is 0 Å². The summed E-state index contributed by atoms with van der Waals surface area (Å²) in [6.45, 7) is 2.65. The number of rotatable bonds is 4. The molecule has 0 spiro atoms. The second-order valence-electron chi connectivity index (χ2n) is 4.32. The van der Waals surface area contributed by atoms with Gasteiger partial charge >= 0.3 is 131 Å². The first-order valence-corrected chi connectivity index (χ1v) is 11.5. The molecule has 1 N–H and O–H groups in total. The predicted octanol–water partition coefficient (Wildman–Crippen LogP) is 4.82. The minimum absolute atomic E-state index is 0.278. The Kier molecular flexibility index (Phi) is 5.71. The Morgan fingerprint density at radius 1 is 1.20 bits per heavy atom. The fraction of sp³-hybridized carbons (Fsp3) is 0.133. The van der Waals surface area contributed by atoms with Gasteiger partial charge in [0.05, 0.1) is 0 Å². The zero-order valence-corrected chi connectivity index (χ0v) is 14.1. The second kappa shape index (κ2) is 7.31. The molecule has 0 atom stereocenters. The van der Waals surface area contributed by atoms with Crippen LogP contribution in [0.15, 0.2) is 42.5 Å². The third kappa shape index (κ3) is 4.38. The molecule has 0 bridgehead atoms. The van der Waals surface area contributed by atoms with Crippen molar-refractivity contribution in [1.29, 1.82) is 0 Å². The molecule has 5 heteroatoms. The van der Waals surface area contributed by atoms with E-state index in [1.165, 1.54) is 17.7 Å². The summed E-state index contributed by atoms with van der Waals surface area (Å²) in [5.41, 5.74) is 3.99. The van der Waals surface area contributed by atoms with Crippen molar-refractivity contribution in [3.63, 3.8) is 0 Å². The number of benzene rings is 2. The second-order valence-corrected chi connectivity index (χ2v) is 10.0. The van der Waals surface area contributed by atoms with Crippen LogP contribution in [-0.2, 0) is 20.1 Å². The molecule has 0 heterocycles. The fourth-order valence-corrected chi connectivity index (χ4v) is 3.73. The van der Waals surface area contributed by atoms with E-state index in [9.17, 15) is 4.39 Å². The Morgan fingerprint density at radius 3 is 2.65 bits per heavy atom. The van der Waals surface area contributed by atoms with Crippen molar-refractivity contribution in [3.8, 4) is 0 Å². The van der Waals surface area contributed by atoms with E-state index in [0.717, 1.165) is 16.8 Å². The first-order chi connectivity index (χ1) is 9.56. The summed E-state index contributed by atoms with van der Waals surface area (Å²) in [4.78, 5) is 0. The van der Waals surface area contributed by atoms with E-state index >= 15 is 0 Å². The van der Waals surface area contributed by atoms with E-state index in [1.54, 1.807) is 10.7 Å². The molecular formula is C15H14Cl2FNRu. The molecule has 0 aliphatic heterocycles. The van der Waals surface area contributed by atoms with Crippen molar-refractivity contribution in [3.05, 3.63) is 65.0 Å². The molecule has 0 aromatic heterocycles. The van der Waals surface area contributed by atoms with E-state index < -0.39 is 13.5 Å². The van der Waals surface area contributed by atoms with Gasteiger partial charge in [0.1, 0.15) is 0 Å². The fourth-order valence-electron chi connectivity index (χ4n) is 1.87.